The average Bonchev–Trinajstić information content (AvgIpc) is 2.74. The van der Waals surface area contributed by atoms with E-state index >= 15 is 0 Å². The second-order valence-corrected chi connectivity index (χ2v) is 4.98. The Kier molecular flexibility index (Phi) is 3.81. The van der Waals surface area contributed by atoms with Gasteiger partial charge >= 0.3 is 0 Å². The minimum absolute atomic E-state index is 0.0331. The highest BCUT2D eigenvalue weighted by Crippen LogP contribution is 2.53. The molecule has 5 nitrogen and oxygen atoms in total. The third kappa shape index (κ3) is 3.22. The Morgan fingerprint density at radius 3 is 2.53 bits per heavy atom. The zero-order valence-electron chi connectivity index (χ0n) is 8.13. The summed E-state index contributed by atoms with van der Waals surface area (Å²) in [5.41, 5.74) is 5.06. The van der Waals surface area contributed by atoms with Crippen LogP contribution in [-0.2, 0) is 14.3 Å². The fourth-order valence-electron chi connectivity index (χ4n) is 1.13. The summed E-state index contributed by atoms with van der Waals surface area (Å²) in [6, 6.07) is -0.841. The molecule has 3 N–H and O–H groups in total. The molecule has 0 spiro atoms. The predicted molar refractivity (Wildman–Crippen MR) is 55.5 cm³/mol. The SMILES string of the molecule is COC[C@@H](NC(=O)[C@H]1CC1(Cl)Cl)C(N)=O. The molecule has 0 unspecified atom stereocenters. The van der Waals surface area contributed by atoms with Crippen LogP contribution in [0.5, 0.6) is 0 Å². The number of nitrogens with one attached hydrogen (secondary N) is 1. The Labute approximate surface area is 97.2 Å². The number of carbonyl (C=O) groups excluding carboxylic acids is 2. The Morgan fingerprint density at radius 2 is 2.20 bits per heavy atom. The first-order valence-corrected chi connectivity index (χ1v) is 5.10. The van der Waals surface area contributed by atoms with Gasteiger partial charge in [-0.15, -0.1) is 23.2 Å². The first kappa shape index (κ1) is 12.5. The fraction of sp³-hybridized carbons (Fsp3) is 0.750. The van der Waals surface area contributed by atoms with Gasteiger partial charge in [0.1, 0.15) is 10.4 Å². The van der Waals surface area contributed by atoms with Crippen LogP contribution < -0.4 is 11.1 Å². The summed E-state index contributed by atoms with van der Waals surface area (Å²) >= 11 is 11.4. The summed E-state index contributed by atoms with van der Waals surface area (Å²) in [5.74, 6) is -1.50. The number of primary amides is 1. The van der Waals surface area contributed by atoms with Crippen LogP contribution in [0.15, 0.2) is 0 Å². The molecule has 1 aliphatic carbocycles. The van der Waals surface area contributed by atoms with Crippen LogP contribution in [0.1, 0.15) is 6.42 Å². The van der Waals surface area contributed by atoms with Gasteiger partial charge in [-0.2, -0.15) is 0 Å². The number of alkyl halides is 2. The van der Waals surface area contributed by atoms with Crippen molar-refractivity contribution in [1.82, 2.24) is 5.32 Å². The highest BCUT2D eigenvalue weighted by molar-refractivity contribution is 6.52. The van der Waals surface area contributed by atoms with E-state index in [-0.39, 0.29) is 12.5 Å². The van der Waals surface area contributed by atoms with E-state index < -0.39 is 22.2 Å². The summed E-state index contributed by atoms with van der Waals surface area (Å²) in [5, 5.41) is 2.43. The van der Waals surface area contributed by atoms with Gasteiger partial charge in [-0.05, 0) is 6.42 Å². The van der Waals surface area contributed by atoms with Crippen molar-refractivity contribution in [1.29, 1.82) is 0 Å². The zero-order valence-corrected chi connectivity index (χ0v) is 9.64. The topological polar surface area (TPSA) is 81.4 Å². The van der Waals surface area contributed by atoms with Crippen molar-refractivity contribution < 1.29 is 14.3 Å². The van der Waals surface area contributed by atoms with Gasteiger partial charge in [-0.25, -0.2) is 0 Å². The molecule has 0 heterocycles. The molecule has 0 aromatic rings. The van der Waals surface area contributed by atoms with E-state index in [1.54, 1.807) is 0 Å². The molecule has 0 bridgehead atoms. The van der Waals surface area contributed by atoms with Gasteiger partial charge in [0, 0.05) is 7.11 Å². The monoisotopic (exact) mass is 254 g/mol. The largest absolute Gasteiger partial charge is 0.382 e. The van der Waals surface area contributed by atoms with E-state index in [9.17, 15) is 9.59 Å². The number of hydrogen-bond donors (Lipinski definition) is 2. The molecule has 0 aromatic heterocycles. The van der Waals surface area contributed by atoms with Crippen molar-refractivity contribution in [3.05, 3.63) is 0 Å². The molecule has 0 radical (unpaired) electrons. The van der Waals surface area contributed by atoms with Crippen LogP contribution >= 0.6 is 23.2 Å². The van der Waals surface area contributed by atoms with Gasteiger partial charge in [0.05, 0.1) is 12.5 Å². The number of hydrogen-bond acceptors (Lipinski definition) is 3. The van der Waals surface area contributed by atoms with E-state index in [0.717, 1.165) is 0 Å². The maximum absolute atomic E-state index is 11.5. The van der Waals surface area contributed by atoms with Crippen molar-refractivity contribution in [2.24, 2.45) is 11.7 Å². The van der Waals surface area contributed by atoms with Crippen molar-refractivity contribution in [3.63, 3.8) is 0 Å². The number of halogens is 2. The minimum atomic E-state index is -1.00. The Morgan fingerprint density at radius 1 is 1.67 bits per heavy atom. The van der Waals surface area contributed by atoms with Gasteiger partial charge in [-0.1, -0.05) is 0 Å². The van der Waals surface area contributed by atoms with Crippen LogP contribution in [0.2, 0.25) is 0 Å². The first-order valence-electron chi connectivity index (χ1n) is 4.35. The summed E-state index contributed by atoms with van der Waals surface area (Å²) in [4.78, 5) is 22.4. The van der Waals surface area contributed by atoms with Crippen LogP contribution in [0.3, 0.4) is 0 Å². The molecule has 1 rings (SSSR count). The normalized spacial score (nSPS) is 24.3. The van der Waals surface area contributed by atoms with Crippen LogP contribution in [0.4, 0.5) is 0 Å². The minimum Gasteiger partial charge on any atom is -0.382 e. The maximum Gasteiger partial charge on any atom is 0.242 e. The summed E-state index contributed by atoms with van der Waals surface area (Å²) < 4.78 is 3.74. The van der Waals surface area contributed by atoms with Gasteiger partial charge in [-0.3, -0.25) is 9.59 Å². The van der Waals surface area contributed by atoms with Gasteiger partial charge in [0.2, 0.25) is 11.8 Å². The number of ether oxygens (including phenoxy) is 1. The van der Waals surface area contributed by atoms with Crippen molar-refractivity contribution in [2.75, 3.05) is 13.7 Å². The highest BCUT2D eigenvalue weighted by Gasteiger charge is 2.56. The van der Waals surface area contributed by atoms with Crippen molar-refractivity contribution in [2.45, 2.75) is 16.8 Å². The Balaban J connectivity index is 2.45. The fourth-order valence-corrected chi connectivity index (χ4v) is 1.64. The predicted octanol–water partition coefficient (Wildman–Crippen LogP) is -0.203. The van der Waals surface area contributed by atoms with Crippen molar-refractivity contribution in [3.8, 4) is 0 Å². The van der Waals surface area contributed by atoms with E-state index in [1.807, 2.05) is 0 Å². The number of amides is 2. The smallest absolute Gasteiger partial charge is 0.242 e. The summed E-state index contributed by atoms with van der Waals surface area (Å²) in [6.07, 6.45) is 0.389. The molecule has 7 heteroatoms. The molecule has 0 aromatic carbocycles. The maximum atomic E-state index is 11.5. The second kappa shape index (κ2) is 4.55. The zero-order chi connectivity index (χ0) is 11.6. The number of nitrogens with two attached hydrogens (primary N) is 1. The lowest BCUT2D eigenvalue weighted by Gasteiger charge is -2.14. The lowest BCUT2D eigenvalue weighted by molar-refractivity contribution is -0.129. The molecule has 2 atom stereocenters. The molecular weight excluding hydrogens is 243 g/mol. The quantitative estimate of drug-likeness (QED) is 0.667. The molecule has 15 heavy (non-hydrogen) atoms. The number of carbonyl (C=O) groups is 2. The van der Waals surface area contributed by atoms with Gasteiger partial charge in [0.25, 0.3) is 0 Å². The molecular formula is C8H12Cl2N2O3. The second-order valence-electron chi connectivity index (χ2n) is 3.44. The van der Waals surface area contributed by atoms with E-state index in [4.69, 9.17) is 33.7 Å². The molecule has 1 aliphatic rings. The standard InChI is InChI=1S/C8H12Cl2N2O3/c1-15-3-5(6(11)13)12-7(14)4-2-8(4,9)10/h4-5H,2-3H2,1H3,(H2,11,13)(H,12,14)/t4-,5-/m1/s1. The molecule has 0 saturated heterocycles. The van der Waals surface area contributed by atoms with Crippen LogP contribution in [0, 0.1) is 5.92 Å². The average molecular weight is 255 g/mol. The van der Waals surface area contributed by atoms with E-state index in [0.29, 0.717) is 6.42 Å². The Hall–Kier alpha value is -0.520. The summed E-state index contributed by atoms with van der Waals surface area (Å²) in [7, 11) is 1.41. The van der Waals surface area contributed by atoms with Crippen molar-refractivity contribution >= 4 is 35.0 Å². The summed E-state index contributed by atoms with van der Waals surface area (Å²) in [6.45, 7) is 0.0331. The third-order valence-corrected chi connectivity index (χ3v) is 2.97. The van der Waals surface area contributed by atoms with Crippen LogP contribution in [0.25, 0.3) is 0 Å². The van der Waals surface area contributed by atoms with E-state index in [1.165, 1.54) is 7.11 Å². The van der Waals surface area contributed by atoms with E-state index in [2.05, 4.69) is 5.32 Å². The lowest BCUT2D eigenvalue weighted by Crippen LogP contribution is -2.48. The first-order chi connectivity index (χ1) is 6.88. The Bertz CT molecular complexity index is 283. The van der Waals surface area contributed by atoms with Gasteiger partial charge in [0.15, 0.2) is 0 Å². The molecule has 2 amide bonds. The lowest BCUT2D eigenvalue weighted by atomic mass is 10.2. The molecule has 0 aliphatic heterocycles. The number of rotatable bonds is 5. The van der Waals surface area contributed by atoms with Crippen LogP contribution in [-0.4, -0.2) is 35.9 Å². The third-order valence-electron chi connectivity index (χ3n) is 2.14. The highest BCUT2D eigenvalue weighted by atomic mass is 35.5. The molecule has 1 saturated carbocycles. The molecule has 1 fully saturated rings. The van der Waals surface area contributed by atoms with Gasteiger partial charge < -0.3 is 15.8 Å². The number of methoxy groups -OCH3 is 1. The molecule has 86 valence electrons.